The highest BCUT2D eigenvalue weighted by Crippen LogP contribution is 2.77. The Morgan fingerprint density at radius 3 is 2.17 bits per heavy atom. The van der Waals surface area contributed by atoms with E-state index < -0.39 is 78.2 Å². The molecule has 53 heavy (non-hydrogen) atoms. The second kappa shape index (κ2) is 13.7. The molecule has 0 bridgehead atoms. The van der Waals surface area contributed by atoms with E-state index >= 15 is 0 Å². The van der Waals surface area contributed by atoms with Gasteiger partial charge in [-0.25, -0.2) is 0 Å². The molecular weight excluding hydrogens is 684 g/mol. The minimum atomic E-state index is -1.62. The van der Waals surface area contributed by atoms with Crippen molar-refractivity contribution in [1.29, 1.82) is 0 Å². The molecule has 7 N–H and O–H groups in total. The van der Waals surface area contributed by atoms with Crippen molar-refractivity contribution < 1.29 is 59.5 Å². The number of fused-ring (bicyclic) bond motifs is 7. The molecule has 7 fully saturated rings. The largest absolute Gasteiger partial charge is 0.481 e. The minimum absolute atomic E-state index is 0.0140. The van der Waals surface area contributed by atoms with Crippen LogP contribution in [-0.4, -0.2) is 116 Å². The Labute approximate surface area is 314 Å². The van der Waals surface area contributed by atoms with Gasteiger partial charge in [-0.3, -0.25) is 4.79 Å². The Morgan fingerprint density at radius 1 is 0.792 bits per heavy atom. The number of carboxylic acid groups (broad SMARTS) is 1. The molecule has 0 radical (unpaired) electrons. The van der Waals surface area contributed by atoms with Crippen LogP contribution in [0.1, 0.15) is 106 Å². The predicted octanol–water partition coefficient (Wildman–Crippen LogP) is 3.38. The number of aliphatic hydroxyl groups excluding tert-OH is 6. The summed E-state index contributed by atoms with van der Waals surface area (Å²) in [4.78, 5) is 13.0. The molecule has 5 aliphatic carbocycles. The Kier molecular flexibility index (Phi) is 10.4. The number of carboxylic acids is 1. The average Bonchev–Trinajstić information content (AvgIpc) is 3.52. The van der Waals surface area contributed by atoms with Crippen LogP contribution in [0.2, 0.25) is 0 Å². The van der Waals surface area contributed by atoms with Crippen molar-refractivity contribution in [3.63, 3.8) is 0 Å². The van der Waals surface area contributed by atoms with Gasteiger partial charge in [0.15, 0.2) is 12.6 Å². The molecule has 0 aromatic rings. The molecule has 2 saturated heterocycles. The van der Waals surface area contributed by atoms with Gasteiger partial charge in [0.05, 0.1) is 30.8 Å². The minimum Gasteiger partial charge on any atom is -0.481 e. The zero-order valence-corrected chi connectivity index (χ0v) is 32.5. The van der Waals surface area contributed by atoms with Crippen molar-refractivity contribution >= 4 is 5.97 Å². The molecule has 5 saturated carbocycles. The summed E-state index contributed by atoms with van der Waals surface area (Å²) in [5.41, 5.74) is -0.394. The van der Waals surface area contributed by atoms with Gasteiger partial charge in [0.2, 0.25) is 0 Å². The first-order valence-corrected chi connectivity index (χ1v) is 20.3. The number of rotatable bonds is 7. The third-order valence-electron chi connectivity index (χ3n) is 17.4. The summed E-state index contributed by atoms with van der Waals surface area (Å²) in [7, 11) is 0. The molecule has 0 unspecified atom stereocenters. The molecule has 2 heterocycles. The maximum absolute atomic E-state index is 13.0. The van der Waals surface area contributed by atoms with Gasteiger partial charge in [0.25, 0.3) is 0 Å². The van der Waals surface area contributed by atoms with Gasteiger partial charge in [0.1, 0.15) is 36.6 Å². The van der Waals surface area contributed by atoms with E-state index in [9.17, 15) is 40.5 Å². The van der Waals surface area contributed by atoms with Crippen LogP contribution >= 0.6 is 0 Å². The number of aliphatic hydroxyl groups is 6. The van der Waals surface area contributed by atoms with Crippen LogP contribution in [0, 0.1) is 56.7 Å². The molecule has 7 aliphatic rings. The summed E-state index contributed by atoms with van der Waals surface area (Å²) in [6.45, 7) is 17.1. The van der Waals surface area contributed by atoms with E-state index in [2.05, 4.69) is 41.2 Å². The van der Waals surface area contributed by atoms with Gasteiger partial charge < -0.3 is 54.7 Å². The van der Waals surface area contributed by atoms with Gasteiger partial charge in [0, 0.05) is 5.41 Å². The molecular formula is C41H66O12. The molecule has 0 spiro atoms. The zero-order chi connectivity index (χ0) is 38.6. The van der Waals surface area contributed by atoms with Gasteiger partial charge in [-0.2, -0.15) is 0 Å². The van der Waals surface area contributed by atoms with Gasteiger partial charge >= 0.3 is 5.97 Å². The maximum Gasteiger partial charge on any atom is 0.309 e. The summed E-state index contributed by atoms with van der Waals surface area (Å²) < 4.78 is 24.3. The SMILES string of the molecule is C=C(C)[C@H]1CC[C@]2(C(=O)O)CC[C@]3(C)[C@H](CC[C@@H]4[C@]5(C)CC[C@H](O[C@H]6OC[C@H](O)[C@@H](O)[C@@H]6O[C@H]6O[C@@H](C)[C@H](O)[C@@H](O)[C@@H]6O)[C@@](C)(CO)[C@@H]5CC[C@]43C)[C@H]12. The molecule has 7 rings (SSSR count). The summed E-state index contributed by atoms with van der Waals surface area (Å²) in [5, 5.41) is 74.9. The highest BCUT2D eigenvalue weighted by molar-refractivity contribution is 5.76. The Balaban J connectivity index is 1.14. The standard InChI is InChI=1S/C41H66O12/c1-20(2)22-10-15-41(36(48)49)17-16-39(6)23(28(22)41)8-9-26-37(4)13-12-27(38(5,19-42)25(37)11-14-40(26,39)7)52-35-33(30(45)24(43)18-50-35)53-34-32(47)31(46)29(44)21(3)51-34/h21-35,42-47H,1,8-19H2,2-7H3,(H,48,49)/t21-,22+,23+,24-,25+,26+,27-,28-,29-,30+,31+,32-,33-,34+,35+,37+,38-,39+,40+,41-/m0/s1. The lowest BCUT2D eigenvalue weighted by atomic mass is 9.32. The van der Waals surface area contributed by atoms with E-state index in [1.807, 2.05) is 0 Å². The molecule has 0 aromatic carbocycles. The van der Waals surface area contributed by atoms with Crippen LogP contribution in [0.4, 0.5) is 0 Å². The fraction of sp³-hybridized carbons (Fsp3) is 0.927. The second-order valence-electron chi connectivity index (χ2n) is 19.5. The molecule has 0 amide bonds. The first kappa shape index (κ1) is 40.0. The summed E-state index contributed by atoms with van der Waals surface area (Å²) in [6.07, 6.45) is -3.90. The number of carbonyl (C=O) groups is 1. The number of aliphatic carboxylic acids is 1. The number of ether oxygens (including phenoxy) is 4. The fourth-order valence-corrected chi connectivity index (χ4v) is 14.2. The van der Waals surface area contributed by atoms with Crippen molar-refractivity contribution in [2.24, 2.45) is 56.7 Å². The van der Waals surface area contributed by atoms with E-state index in [-0.39, 0.29) is 47.2 Å². The van der Waals surface area contributed by atoms with Crippen LogP contribution in [0.25, 0.3) is 0 Å². The van der Waals surface area contributed by atoms with Crippen LogP contribution < -0.4 is 0 Å². The molecule has 12 nitrogen and oxygen atoms in total. The van der Waals surface area contributed by atoms with E-state index in [0.29, 0.717) is 24.7 Å². The topological polar surface area (TPSA) is 196 Å². The third kappa shape index (κ3) is 5.69. The van der Waals surface area contributed by atoms with Crippen LogP contribution in [0.5, 0.6) is 0 Å². The molecule has 0 aromatic heterocycles. The van der Waals surface area contributed by atoms with Gasteiger partial charge in [-0.05, 0) is 124 Å². The van der Waals surface area contributed by atoms with E-state index in [1.165, 1.54) is 6.92 Å². The van der Waals surface area contributed by atoms with E-state index in [0.717, 1.165) is 56.9 Å². The van der Waals surface area contributed by atoms with Crippen LogP contribution in [0.3, 0.4) is 0 Å². The second-order valence-corrected chi connectivity index (χ2v) is 19.5. The lowest BCUT2D eigenvalue weighted by Gasteiger charge is -2.73. The lowest BCUT2D eigenvalue weighted by Crippen LogP contribution is -2.68. The molecule has 12 heteroatoms. The normalized spacial score (nSPS) is 56.7. The van der Waals surface area contributed by atoms with Crippen molar-refractivity contribution in [3.8, 4) is 0 Å². The first-order chi connectivity index (χ1) is 24.8. The van der Waals surface area contributed by atoms with Crippen molar-refractivity contribution in [2.75, 3.05) is 13.2 Å². The summed E-state index contributed by atoms with van der Waals surface area (Å²) >= 11 is 0. The Bertz CT molecular complexity index is 1410. The average molecular weight is 751 g/mol. The van der Waals surface area contributed by atoms with Crippen molar-refractivity contribution in [2.45, 2.75) is 167 Å². The van der Waals surface area contributed by atoms with E-state index in [1.54, 1.807) is 0 Å². The Morgan fingerprint density at radius 2 is 1.51 bits per heavy atom. The zero-order valence-electron chi connectivity index (χ0n) is 32.5. The highest BCUT2D eigenvalue weighted by Gasteiger charge is 2.72. The first-order valence-electron chi connectivity index (χ1n) is 20.3. The maximum atomic E-state index is 13.0. The molecule has 20 atom stereocenters. The Hall–Kier alpha value is -1.19. The van der Waals surface area contributed by atoms with Crippen molar-refractivity contribution in [3.05, 3.63) is 12.2 Å². The molecule has 302 valence electrons. The molecule has 2 aliphatic heterocycles. The number of hydrogen-bond acceptors (Lipinski definition) is 11. The third-order valence-corrected chi connectivity index (χ3v) is 17.4. The lowest BCUT2D eigenvalue weighted by molar-refractivity contribution is -0.366. The van der Waals surface area contributed by atoms with Gasteiger partial charge in [-0.1, -0.05) is 39.8 Å². The summed E-state index contributed by atoms with van der Waals surface area (Å²) in [5.74, 6) is 0.490. The quantitative estimate of drug-likeness (QED) is 0.148. The number of hydrogen-bond donors (Lipinski definition) is 7. The van der Waals surface area contributed by atoms with Gasteiger partial charge in [-0.15, -0.1) is 0 Å². The summed E-state index contributed by atoms with van der Waals surface area (Å²) in [6, 6.07) is 0. The fourth-order valence-electron chi connectivity index (χ4n) is 14.2. The van der Waals surface area contributed by atoms with Crippen molar-refractivity contribution in [1.82, 2.24) is 0 Å². The monoisotopic (exact) mass is 750 g/mol. The van der Waals surface area contributed by atoms with Crippen LogP contribution in [0.15, 0.2) is 12.2 Å². The van der Waals surface area contributed by atoms with E-state index in [4.69, 9.17) is 18.9 Å². The van der Waals surface area contributed by atoms with Crippen LogP contribution in [-0.2, 0) is 23.7 Å². The highest BCUT2D eigenvalue weighted by atomic mass is 16.8. The predicted molar refractivity (Wildman–Crippen MR) is 192 cm³/mol. The number of allylic oxidation sites excluding steroid dienone is 1. The smallest absolute Gasteiger partial charge is 0.309 e.